The Kier molecular flexibility index (Phi) is 9.74. The summed E-state index contributed by atoms with van der Waals surface area (Å²) >= 11 is 0. The Morgan fingerprint density at radius 2 is 1.87 bits per heavy atom. The van der Waals surface area contributed by atoms with Gasteiger partial charge in [0.1, 0.15) is 18.3 Å². The molecule has 2 aliphatic rings. The number of aryl methyl sites for hydroxylation is 1. The minimum atomic E-state index is -2.00. The highest BCUT2D eigenvalue weighted by Crippen LogP contribution is 2.47. The molecular weight excluding hydrogens is 586 g/mol. The lowest BCUT2D eigenvalue weighted by atomic mass is 9.82. The molecule has 2 aromatic carbocycles. The molecule has 0 bridgehead atoms. The fourth-order valence-corrected chi connectivity index (χ4v) is 5.56. The predicted molar refractivity (Wildman–Crippen MR) is 159 cm³/mol. The van der Waals surface area contributed by atoms with E-state index in [2.05, 4.69) is 15.6 Å². The summed E-state index contributed by atoms with van der Waals surface area (Å²) in [4.78, 5) is 28.4. The van der Waals surface area contributed by atoms with Crippen LogP contribution in [0.3, 0.4) is 0 Å². The number of hydrogen-bond donors (Lipinski definition) is 7. The van der Waals surface area contributed by atoms with Gasteiger partial charge in [-0.15, -0.1) is 5.10 Å². The van der Waals surface area contributed by atoms with Crippen molar-refractivity contribution < 1.29 is 45.0 Å². The molecule has 14 heteroatoms. The first-order valence-corrected chi connectivity index (χ1v) is 14.6. The smallest absolute Gasteiger partial charge is 0.264 e. The fraction of sp³-hybridized carbons (Fsp3) is 0.419. The Balaban J connectivity index is 1.39. The Morgan fingerprint density at radius 3 is 2.60 bits per heavy atom. The standard InChI is InChI=1S/C31H37N5O9/c1-18(7-5-6-13-35-17-21(12-14-37)33-34-35)31(44)22-15-20(32-28(41)27-25(39)24(38)26(40)29(42)45-27)10-11-23(22)36(30(31)43)16-19-8-3-2-4-9-19/h2-5,7-11,15,17-18,24-27,29,37-40,42,44H,6,12-14,16H2,1H3,(H,32,41)/b7-5+/t18-,24-,25-,26+,27-,29+,31+/m0/s1. The summed E-state index contributed by atoms with van der Waals surface area (Å²) in [5.74, 6) is -2.16. The third kappa shape index (κ3) is 6.53. The zero-order valence-electron chi connectivity index (χ0n) is 24.5. The van der Waals surface area contributed by atoms with Crippen molar-refractivity contribution in [1.82, 2.24) is 15.0 Å². The minimum absolute atomic E-state index is 0.0242. The number of carbonyl (C=O) groups is 2. The molecule has 14 nitrogen and oxygen atoms in total. The van der Waals surface area contributed by atoms with Gasteiger partial charge >= 0.3 is 0 Å². The van der Waals surface area contributed by atoms with E-state index in [-0.39, 0.29) is 24.4 Å². The lowest BCUT2D eigenvalue weighted by molar-refractivity contribution is -0.274. The number of benzene rings is 2. The number of nitrogens with zero attached hydrogens (tertiary/aromatic N) is 4. The van der Waals surface area contributed by atoms with Gasteiger partial charge in [-0.3, -0.25) is 14.3 Å². The van der Waals surface area contributed by atoms with Crippen LogP contribution in [-0.4, -0.2) is 94.8 Å². The number of allylic oxidation sites excluding steroid dienone is 1. The summed E-state index contributed by atoms with van der Waals surface area (Å²) in [6, 6.07) is 13.9. The molecule has 0 unspecified atom stereocenters. The van der Waals surface area contributed by atoms with Crippen LogP contribution < -0.4 is 10.2 Å². The summed E-state index contributed by atoms with van der Waals surface area (Å²) < 4.78 is 6.68. The summed E-state index contributed by atoms with van der Waals surface area (Å²) in [5.41, 5.74) is 0.389. The Bertz CT molecular complexity index is 1530. The number of fused-ring (bicyclic) bond motifs is 1. The van der Waals surface area contributed by atoms with Crippen molar-refractivity contribution in [2.45, 2.75) is 69.2 Å². The molecule has 1 fully saturated rings. The number of carbonyl (C=O) groups excluding carboxylic acids is 2. The number of aliphatic hydroxyl groups excluding tert-OH is 5. The molecule has 0 aliphatic carbocycles. The average Bonchev–Trinajstić information content (AvgIpc) is 3.57. The highest BCUT2D eigenvalue weighted by Gasteiger charge is 2.53. The van der Waals surface area contributed by atoms with E-state index in [9.17, 15) is 35.1 Å². The summed E-state index contributed by atoms with van der Waals surface area (Å²) in [5, 5.41) is 71.6. The zero-order chi connectivity index (χ0) is 32.3. The number of nitrogens with one attached hydrogen (secondary N) is 1. The molecule has 2 amide bonds. The summed E-state index contributed by atoms with van der Waals surface area (Å²) in [6.07, 6.45) is -2.77. The van der Waals surface area contributed by atoms with Crippen LogP contribution in [0.15, 0.2) is 66.9 Å². The van der Waals surface area contributed by atoms with Crippen LogP contribution in [0.1, 0.15) is 30.2 Å². The molecule has 3 aromatic rings. The van der Waals surface area contributed by atoms with Gasteiger partial charge in [-0.25, -0.2) is 0 Å². The number of rotatable bonds is 11. The second-order valence-electron chi connectivity index (χ2n) is 11.2. The fourth-order valence-electron chi connectivity index (χ4n) is 5.56. The maximum absolute atomic E-state index is 14.0. The molecule has 240 valence electrons. The van der Waals surface area contributed by atoms with Gasteiger partial charge in [-0.1, -0.05) is 54.6 Å². The molecule has 7 atom stereocenters. The first-order valence-electron chi connectivity index (χ1n) is 14.6. The van der Waals surface area contributed by atoms with Crippen molar-refractivity contribution in [2.24, 2.45) is 5.92 Å². The Morgan fingerprint density at radius 1 is 1.11 bits per heavy atom. The molecule has 0 saturated carbocycles. The van der Waals surface area contributed by atoms with Crippen molar-refractivity contribution in [3.63, 3.8) is 0 Å². The minimum Gasteiger partial charge on any atom is -0.396 e. The maximum atomic E-state index is 14.0. The van der Waals surface area contributed by atoms with E-state index >= 15 is 0 Å². The van der Waals surface area contributed by atoms with E-state index in [1.165, 1.54) is 17.0 Å². The van der Waals surface area contributed by atoms with Gasteiger partial charge in [0.25, 0.3) is 11.8 Å². The second-order valence-corrected chi connectivity index (χ2v) is 11.2. The average molecular weight is 624 g/mol. The number of aromatic nitrogens is 3. The van der Waals surface area contributed by atoms with Gasteiger partial charge in [0.15, 0.2) is 18.0 Å². The van der Waals surface area contributed by atoms with Crippen LogP contribution in [-0.2, 0) is 39.4 Å². The molecule has 7 N–H and O–H groups in total. The number of anilines is 2. The molecule has 1 saturated heterocycles. The van der Waals surface area contributed by atoms with Gasteiger partial charge in [-0.2, -0.15) is 0 Å². The van der Waals surface area contributed by atoms with Crippen molar-refractivity contribution >= 4 is 23.2 Å². The molecule has 45 heavy (non-hydrogen) atoms. The molecular formula is C31H37N5O9. The molecule has 5 rings (SSSR count). The van der Waals surface area contributed by atoms with Gasteiger partial charge in [0.05, 0.1) is 17.9 Å². The van der Waals surface area contributed by atoms with Crippen molar-refractivity contribution in [3.8, 4) is 0 Å². The largest absolute Gasteiger partial charge is 0.396 e. The normalized spacial score (nSPS) is 27.1. The molecule has 0 spiro atoms. The van der Waals surface area contributed by atoms with Gasteiger partial charge in [0, 0.05) is 42.9 Å². The number of amides is 2. The SMILES string of the molecule is C[C@@H](/C=C/CCn1cc(CCO)nn1)[C@]1(O)C(=O)N(Cc2ccccc2)c2ccc(NC(=O)[C@H]3O[C@@H](O)[C@H](O)[C@@H](O)[C@@H]3O)cc21. The monoisotopic (exact) mass is 623 g/mol. The van der Waals surface area contributed by atoms with Crippen molar-refractivity contribution in [3.05, 3.63) is 83.7 Å². The van der Waals surface area contributed by atoms with E-state index in [1.807, 2.05) is 36.4 Å². The topological polar surface area (TPSA) is 211 Å². The van der Waals surface area contributed by atoms with Crippen LogP contribution in [0.5, 0.6) is 0 Å². The van der Waals surface area contributed by atoms with E-state index in [1.54, 1.807) is 29.9 Å². The van der Waals surface area contributed by atoms with E-state index in [0.717, 1.165) is 5.56 Å². The lowest BCUT2D eigenvalue weighted by Crippen LogP contribution is -2.60. The third-order valence-electron chi connectivity index (χ3n) is 8.13. The van der Waals surface area contributed by atoms with Gasteiger partial charge in [-0.05, 0) is 30.2 Å². The molecule has 3 heterocycles. The quantitative estimate of drug-likeness (QED) is 0.136. The van der Waals surface area contributed by atoms with Crippen molar-refractivity contribution in [1.29, 1.82) is 0 Å². The molecule has 0 radical (unpaired) electrons. The number of hydrogen-bond acceptors (Lipinski definition) is 11. The highest BCUT2D eigenvalue weighted by molar-refractivity contribution is 6.08. The Hall–Kier alpha value is -4.02. The van der Waals surface area contributed by atoms with Crippen LogP contribution in [0.2, 0.25) is 0 Å². The van der Waals surface area contributed by atoms with E-state index in [0.29, 0.717) is 30.8 Å². The number of aliphatic hydroxyl groups is 6. The van der Waals surface area contributed by atoms with E-state index in [4.69, 9.17) is 9.84 Å². The van der Waals surface area contributed by atoms with Gasteiger partial charge in [0.2, 0.25) is 0 Å². The van der Waals surface area contributed by atoms with Crippen LogP contribution in [0.4, 0.5) is 11.4 Å². The van der Waals surface area contributed by atoms with Crippen molar-refractivity contribution in [2.75, 3.05) is 16.8 Å². The third-order valence-corrected chi connectivity index (χ3v) is 8.13. The predicted octanol–water partition coefficient (Wildman–Crippen LogP) is -0.432. The van der Waals surface area contributed by atoms with Crippen LogP contribution >= 0.6 is 0 Å². The van der Waals surface area contributed by atoms with Crippen LogP contribution in [0.25, 0.3) is 0 Å². The maximum Gasteiger partial charge on any atom is 0.264 e. The van der Waals surface area contributed by atoms with Crippen LogP contribution in [0, 0.1) is 5.92 Å². The van der Waals surface area contributed by atoms with Gasteiger partial charge < -0.3 is 45.6 Å². The zero-order valence-corrected chi connectivity index (χ0v) is 24.5. The summed E-state index contributed by atoms with van der Waals surface area (Å²) in [6.45, 7) is 2.38. The van der Waals surface area contributed by atoms with E-state index < -0.39 is 54.0 Å². The summed E-state index contributed by atoms with van der Waals surface area (Å²) in [7, 11) is 0. The Labute approximate surface area is 258 Å². The first-order chi connectivity index (χ1) is 21.5. The number of ether oxygens (including phenoxy) is 1. The second kappa shape index (κ2) is 13.5. The molecule has 1 aromatic heterocycles. The highest BCUT2D eigenvalue weighted by atomic mass is 16.6. The first kappa shape index (κ1) is 32.4. The molecule has 2 aliphatic heterocycles. The lowest BCUT2D eigenvalue weighted by Gasteiger charge is -2.37.